The molecule has 0 bridgehead atoms. The third-order valence-corrected chi connectivity index (χ3v) is 4.89. The molecule has 8 heteroatoms. The molecule has 1 atom stereocenters. The third kappa shape index (κ3) is 6.12. The Morgan fingerprint density at radius 2 is 1.65 bits per heavy atom. The van der Waals surface area contributed by atoms with E-state index in [4.69, 9.17) is 34.8 Å². The summed E-state index contributed by atoms with van der Waals surface area (Å²) in [5.41, 5.74) is 1.24. The van der Waals surface area contributed by atoms with Crippen molar-refractivity contribution in [3.63, 3.8) is 0 Å². The molecule has 0 spiro atoms. The Morgan fingerprint density at radius 3 is 2.22 bits per heavy atom. The molecule has 3 nitrogen and oxygen atoms in total. The van der Waals surface area contributed by atoms with Crippen LogP contribution in [-0.2, 0) is 0 Å². The van der Waals surface area contributed by atoms with Crippen molar-refractivity contribution in [1.82, 2.24) is 5.32 Å². The van der Waals surface area contributed by atoms with Crippen molar-refractivity contribution in [2.45, 2.75) is 9.96 Å². The highest BCUT2D eigenvalue weighted by Crippen LogP contribution is 2.31. The van der Waals surface area contributed by atoms with E-state index in [1.807, 2.05) is 30.3 Å². The third-order valence-electron chi connectivity index (χ3n) is 2.84. The molecule has 0 saturated heterocycles. The maximum absolute atomic E-state index is 12.4. The number of benzene rings is 2. The van der Waals surface area contributed by atoms with E-state index in [0.717, 1.165) is 12.8 Å². The molecule has 0 saturated carbocycles. The molecule has 0 aliphatic heterocycles. The number of hydrogen-bond donors (Lipinski definition) is 2. The lowest BCUT2D eigenvalue weighted by molar-refractivity contribution is 0.0942. The molecule has 0 fully saturated rings. The maximum atomic E-state index is 12.4. The molecule has 1 amide bonds. The summed E-state index contributed by atoms with van der Waals surface area (Å²) in [6.07, 6.45) is -0.877. The Morgan fingerprint density at radius 1 is 1.00 bits per heavy atom. The van der Waals surface area contributed by atoms with Gasteiger partial charge in [-0.15, -0.1) is 0 Å². The zero-order valence-corrected chi connectivity index (χ0v) is 18.1. The molecule has 2 rings (SSSR count). The highest BCUT2D eigenvalue weighted by Gasteiger charge is 2.34. The van der Waals surface area contributed by atoms with Gasteiger partial charge in [0.05, 0.1) is 0 Å². The molecule has 0 aromatic heterocycles. The first-order valence-electron chi connectivity index (χ1n) is 6.41. The fraction of sp³-hybridized carbons (Fsp3) is 0.133. The van der Waals surface area contributed by atoms with Gasteiger partial charge in [0.2, 0.25) is 3.79 Å². The van der Waals surface area contributed by atoms with Crippen LogP contribution in [0.5, 0.6) is 0 Å². The van der Waals surface area contributed by atoms with Gasteiger partial charge in [-0.1, -0.05) is 40.9 Å². The van der Waals surface area contributed by atoms with E-state index >= 15 is 0 Å². The second kappa shape index (κ2) is 8.42. The van der Waals surface area contributed by atoms with Crippen LogP contribution < -0.4 is 10.6 Å². The molecule has 2 aromatic carbocycles. The first kappa shape index (κ1) is 19.4. The normalized spacial score (nSPS) is 12.6. The van der Waals surface area contributed by atoms with Gasteiger partial charge in [-0.2, -0.15) is 0 Å². The number of carbonyl (C=O) groups is 1. The summed E-state index contributed by atoms with van der Waals surface area (Å²) < 4.78 is 0.327. The van der Waals surface area contributed by atoms with Crippen molar-refractivity contribution in [2.75, 3.05) is 5.32 Å². The summed E-state index contributed by atoms with van der Waals surface area (Å²) in [4.78, 5) is 12.4. The number of carbonyl (C=O) groups excluding carboxylic acids is 1. The minimum Gasteiger partial charge on any atom is -0.362 e. The smallest absolute Gasteiger partial charge is 0.253 e. The summed E-state index contributed by atoms with van der Waals surface area (Å²) in [5.74, 6) is -0.321. The van der Waals surface area contributed by atoms with Crippen molar-refractivity contribution in [3.05, 3.63) is 61.2 Å². The van der Waals surface area contributed by atoms with E-state index in [1.165, 1.54) is 0 Å². The summed E-state index contributed by atoms with van der Waals surface area (Å²) in [6.45, 7) is 0. The van der Waals surface area contributed by atoms with Crippen molar-refractivity contribution in [1.29, 1.82) is 0 Å². The fourth-order valence-electron chi connectivity index (χ4n) is 1.76. The van der Waals surface area contributed by atoms with Gasteiger partial charge < -0.3 is 10.6 Å². The standard InChI is InChI=1S/C15H11Cl3I2N2O/c16-15(17,18)14(21-12-6-4-10(19)5-7-12)22-13(23)9-2-1-3-11(20)8-9/h1-8,14,21H,(H,22,23). The average Bonchev–Trinajstić information content (AvgIpc) is 2.47. The van der Waals surface area contributed by atoms with Gasteiger partial charge in [0.15, 0.2) is 0 Å². The Labute approximate surface area is 176 Å². The van der Waals surface area contributed by atoms with Gasteiger partial charge in [-0.25, -0.2) is 0 Å². The number of nitrogens with one attached hydrogen (secondary N) is 2. The van der Waals surface area contributed by atoms with E-state index in [9.17, 15) is 4.79 Å². The molecule has 122 valence electrons. The molecule has 0 radical (unpaired) electrons. The maximum Gasteiger partial charge on any atom is 0.253 e. The van der Waals surface area contributed by atoms with Gasteiger partial charge >= 0.3 is 0 Å². The summed E-state index contributed by atoms with van der Waals surface area (Å²) in [5, 5.41) is 5.74. The Hall–Kier alpha value is 0.0400. The number of hydrogen-bond acceptors (Lipinski definition) is 2. The van der Waals surface area contributed by atoms with Crippen LogP contribution in [0.3, 0.4) is 0 Å². The fourth-order valence-corrected chi connectivity index (χ4v) is 2.99. The van der Waals surface area contributed by atoms with Crippen molar-refractivity contribution in [2.24, 2.45) is 0 Å². The summed E-state index contributed by atoms with van der Waals surface area (Å²) >= 11 is 22.3. The van der Waals surface area contributed by atoms with E-state index < -0.39 is 9.96 Å². The Kier molecular flexibility index (Phi) is 7.09. The first-order chi connectivity index (χ1) is 10.8. The minimum atomic E-state index is -1.71. The van der Waals surface area contributed by atoms with Crippen LogP contribution in [0.4, 0.5) is 5.69 Å². The van der Waals surface area contributed by atoms with Crippen LogP contribution in [0.15, 0.2) is 48.5 Å². The molecule has 2 N–H and O–H groups in total. The van der Waals surface area contributed by atoms with Crippen molar-refractivity contribution in [3.8, 4) is 0 Å². The molecule has 2 aromatic rings. The van der Waals surface area contributed by atoms with Crippen LogP contribution in [0, 0.1) is 7.14 Å². The topological polar surface area (TPSA) is 41.1 Å². The quantitative estimate of drug-likeness (QED) is 0.281. The van der Waals surface area contributed by atoms with Gasteiger partial charge in [0.1, 0.15) is 6.17 Å². The second-order valence-corrected chi connectivity index (χ2v) is 9.47. The predicted octanol–water partition coefficient (Wildman–Crippen LogP) is 5.43. The Balaban J connectivity index is 2.16. The number of rotatable bonds is 4. The lowest BCUT2D eigenvalue weighted by Gasteiger charge is -2.27. The number of alkyl halides is 3. The second-order valence-electron chi connectivity index (χ2n) is 4.61. The van der Waals surface area contributed by atoms with Gasteiger partial charge in [-0.05, 0) is 87.6 Å². The molecule has 23 heavy (non-hydrogen) atoms. The highest BCUT2D eigenvalue weighted by molar-refractivity contribution is 14.1. The molecule has 1 unspecified atom stereocenters. The van der Waals surface area contributed by atoms with Crippen LogP contribution in [0.25, 0.3) is 0 Å². The number of anilines is 1. The minimum absolute atomic E-state index is 0.321. The van der Waals surface area contributed by atoms with Crippen LogP contribution in [0.2, 0.25) is 0 Å². The zero-order chi connectivity index (χ0) is 17.0. The van der Waals surface area contributed by atoms with Gasteiger partial charge in [-0.3, -0.25) is 4.79 Å². The monoisotopic (exact) mass is 594 g/mol. The average molecular weight is 595 g/mol. The largest absolute Gasteiger partial charge is 0.362 e. The Bertz CT molecular complexity index is 690. The lowest BCUT2D eigenvalue weighted by atomic mass is 10.2. The lowest BCUT2D eigenvalue weighted by Crippen LogP contribution is -2.49. The molecular formula is C15H11Cl3I2N2O. The summed E-state index contributed by atoms with van der Waals surface area (Å²) in [6, 6.07) is 14.7. The van der Waals surface area contributed by atoms with Crippen LogP contribution >= 0.6 is 80.0 Å². The predicted molar refractivity (Wildman–Crippen MR) is 113 cm³/mol. The zero-order valence-electron chi connectivity index (χ0n) is 11.5. The van der Waals surface area contributed by atoms with Crippen LogP contribution in [-0.4, -0.2) is 15.9 Å². The number of halogens is 5. The molecule has 0 aliphatic rings. The summed E-state index contributed by atoms with van der Waals surface area (Å²) in [7, 11) is 0. The first-order valence-corrected chi connectivity index (χ1v) is 9.70. The van der Waals surface area contributed by atoms with Crippen molar-refractivity contribution < 1.29 is 4.79 Å². The van der Waals surface area contributed by atoms with E-state index in [1.54, 1.807) is 18.2 Å². The molecule has 0 heterocycles. The molecular weight excluding hydrogens is 584 g/mol. The van der Waals surface area contributed by atoms with Gasteiger partial charge in [0, 0.05) is 18.4 Å². The SMILES string of the molecule is O=C(NC(Nc1ccc(I)cc1)C(Cl)(Cl)Cl)c1cccc(I)c1. The van der Waals surface area contributed by atoms with E-state index in [0.29, 0.717) is 5.56 Å². The highest BCUT2D eigenvalue weighted by atomic mass is 127. The van der Waals surface area contributed by atoms with E-state index in [2.05, 4.69) is 55.8 Å². The molecule has 0 aliphatic carbocycles. The van der Waals surface area contributed by atoms with E-state index in [-0.39, 0.29) is 5.91 Å². The number of amides is 1. The van der Waals surface area contributed by atoms with Crippen LogP contribution in [0.1, 0.15) is 10.4 Å². The van der Waals surface area contributed by atoms with Crippen molar-refractivity contribution >= 4 is 91.6 Å². The van der Waals surface area contributed by atoms with Gasteiger partial charge in [0.25, 0.3) is 5.91 Å².